The number of nitrogens with one attached hydrogen (secondary N) is 1. The summed E-state index contributed by atoms with van der Waals surface area (Å²) in [5, 5.41) is 3.07. The molecule has 144 valence electrons. The molecular formula is C23H25N3O2. The maximum Gasteiger partial charge on any atom is 0.322 e. The molecule has 1 aliphatic rings. The average molecular weight is 375 g/mol. The minimum Gasteiger partial charge on any atom is -0.495 e. The molecule has 5 nitrogen and oxygen atoms in total. The Labute approximate surface area is 165 Å². The van der Waals surface area contributed by atoms with Crippen LogP contribution in [0.4, 0.5) is 10.5 Å². The Morgan fingerprint density at radius 2 is 2.00 bits per heavy atom. The normalized spacial score (nSPS) is 15.4. The molecule has 28 heavy (non-hydrogen) atoms. The van der Waals surface area contributed by atoms with Gasteiger partial charge in [0.1, 0.15) is 5.75 Å². The first-order valence-electron chi connectivity index (χ1n) is 9.60. The number of carbonyl (C=O) groups excluding carboxylic acids is 1. The third kappa shape index (κ3) is 3.13. The summed E-state index contributed by atoms with van der Waals surface area (Å²) in [6.45, 7) is 4.67. The van der Waals surface area contributed by atoms with E-state index in [1.54, 1.807) is 7.11 Å². The second kappa shape index (κ2) is 7.43. The van der Waals surface area contributed by atoms with E-state index in [0.29, 0.717) is 18.0 Å². The van der Waals surface area contributed by atoms with E-state index in [1.807, 2.05) is 48.2 Å². The van der Waals surface area contributed by atoms with E-state index in [9.17, 15) is 4.79 Å². The van der Waals surface area contributed by atoms with Crippen LogP contribution in [0.25, 0.3) is 5.69 Å². The molecule has 5 heteroatoms. The molecule has 0 radical (unpaired) electrons. The van der Waals surface area contributed by atoms with E-state index >= 15 is 0 Å². The molecule has 3 aromatic rings. The summed E-state index contributed by atoms with van der Waals surface area (Å²) < 4.78 is 7.63. The number of carbonyl (C=O) groups is 1. The number of nitrogens with zero attached hydrogens (tertiary/aromatic N) is 2. The number of benzene rings is 2. The molecule has 2 heterocycles. The maximum absolute atomic E-state index is 13.4. The van der Waals surface area contributed by atoms with Crippen molar-refractivity contribution in [3.63, 3.8) is 0 Å². The lowest BCUT2D eigenvalue weighted by atomic mass is 10.1. The Morgan fingerprint density at radius 3 is 2.79 bits per heavy atom. The first-order chi connectivity index (χ1) is 13.6. The van der Waals surface area contributed by atoms with Crippen molar-refractivity contribution in [3.8, 4) is 11.4 Å². The van der Waals surface area contributed by atoms with Crippen LogP contribution in [0, 0.1) is 6.92 Å². The standard InChI is InChI=1S/C23H25N3O2/c1-4-19-21-10-7-13-25(21)20-9-6-5-8-17(20)15-26(19)23(27)24-18-14-16(2)11-12-22(18)28-3/h5-14,19H,4,15H2,1-3H3,(H,24,27)/t19-/m1/s1. The lowest BCUT2D eigenvalue weighted by Crippen LogP contribution is -2.37. The van der Waals surface area contributed by atoms with E-state index in [2.05, 4.69) is 41.2 Å². The van der Waals surface area contributed by atoms with Gasteiger partial charge in [0.2, 0.25) is 0 Å². The van der Waals surface area contributed by atoms with Gasteiger partial charge >= 0.3 is 6.03 Å². The van der Waals surface area contributed by atoms with Gasteiger partial charge in [-0.05, 0) is 54.8 Å². The highest BCUT2D eigenvalue weighted by Gasteiger charge is 2.30. The third-order valence-electron chi connectivity index (χ3n) is 5.33. The van der Waals surface area contributed by atoms with Crippen molar-refractivity contribution < 1.29 is 9.53 Å². The van der Waals surface area contributed by atoms with Gasteiger partial charge in [-0.25, -0.2) is 4.79 Å². The predicted molar refractivity (Wildman–Crippen MR) is 111 cm³/mol. The van der Waals surface area contributed by atoms with Crippen molar-refractivity contribution >= 4 is 11.7 Å². The number of rotatable bonds is 3. The number of amides is 2. The summed E-state index contributed by atoms with van der Waals surface area (Å²) in [7, 11) is 1.62. The molecule has 4 rings (SSSR count). The van der Waals surface area contributed by atoms with Crippen LogP contribution in [0.15, 0.2) is 60.8 Å². The van der Waals surface area contributed by atoms with Crippen molar-refractivity contribution in [3.05, 3.63) is 77.6 Å². The first-order valence-corrected chi connectivity index (χ1v) is 9.60. The Kier molecular flexibility index (Phi) is 4.82. The Bertz CT molecular complexity index is 1010. The summed E-state index contributed by atoms with van der Waals surface area (Å²) in [6.07, 6.45) is 2.90. The fraction of sp³-hybridized carbons (Fsp3) is 0.261. The van der Waals surface area contributed by atoms with Gasteiger partial charge in [0.05, 0.1) is 31.1 Å². The van der Waals surface area contributed by atoms with Crippen molar-refractivity contribution in [1.82, 2.24) is 9.47 Å². The van der Waals surface area contributed by atoms with Crippen molar-refractivity contribution in [2.75, 3.05) is 12.4 Å². The van der Waals surface area contributed by atoms with E-state index in [1.165, 1.54) is 0 Å². The van der Waals surface area contributed by atoms with E-state index < -0.39 is 0 Å². The van der Waals surface area contributed by atoms with Crippen molar-refractivity contribution in [2.45, 2.75) is 32.9 Å². The zero-order valence-corrected chi connectivity index (χ0v) is 16.5. The fourth-order valence-corrected chi connectivity index (χ4v) is 3.97. The lowest BCUT2D eigenvalue weighted by molar-refractivity contribution is 0.181. The SMILES string of the molecule is CC[C@@H]1c2cccn2-c2ccccc2CN1C(=O)Nc1cc(C)ccc1OC. The minimum absolute atomic E-state index is 0.0156. The molecule has 1 N–H and O–H groups in total. The van der Waals surface area contributed by atoms with Gasteiger partial charge in [-0.3, -0.25) is 0 Å². The summed E-state index contributed by atoms with van der Waals surface area (Å²) in [5.41, 5.74) is 5.14. The summed E-state index contributed by atoms with van der Waals surface area (Å²) in [5.74, 6) is 0.658. The lowest BCUT2D eigenvalue weighted by Gasteiger charge is -2.30. The van der Waals surface area contributed by atoms with Crippen LogP contribution in [-0.2, 0) is 6.54 Å². The van der Waals surface area contributed by atoms with Crippen LogP contribution in [0.3, 0.4) is 0 Å². The largest absolute Gasteiger partial charge is 0.495 e. The molecule has 0 fully saturated rings. The highest BCUT2D eigenvalue weighted by molar-refractivity contribution is 5.91. The number of hydrogen-bond acceptors (Lipinski definition) is 2. The monoisotopic (exact) mass is 375 g/mol. The molecule has 0 aliphatic carbocycles. The smallest absolute Gasteiger partial charge is 0.322 e. The zero-order chi connectivity index (χ0) is 19.7. The molecule has 1 atom stereocenters. The quantitative estimate of drug-likeness (QED) is 0.676. The molecule has 2 aromatic carbocycles. The number of para-hydroxylation sites is 1. The minimum atomic E-state index is -0.125. The van der Waals surface area contributed by atoms with Crippen LogP contribution in [0.1, 0.15) is 36.2 Å². The maximum atomic E-state index is 13.4. The van der Waals surface area contributed by atoms with Crippen molar-refractivity contribution in [1.29, 1.82) is 0 Å². The van der Waals surface area contributed by atoms with Gasteiger partial charge < -0.3 is 19.5 Å². The molecule has 0 bridgehead atoms. The highest BCUT2D eigenvalue weighted by atomic mass is 16.5. The van der Waals surface area contributed by atoms with Crippen LogP contribution < -0.4 is 10.1 Å². The van der Waals surface area contributed by atoms with Crippen LogP contribution in [0.2, 0.25) is 0 Å². The summed E-state index contributed by atoms with van der Waals surface area (Å²) in [4.78, 5) is 15.3. The van der Waals surface area contributed by atoms with E-state index in [0.717, 1.165) is 28.9 Å². The van der Waals surface area contributed by atoms with Gasteiger partial charge in [0, 0.05) is 11.9 Å². The predicted octanol–water partition coefficient (Wildman–Crippen LogP) is 5.29. The van der Waals surface area contributed by atoms with E-state index in [-0.39, 0.29) is 12.1 Å². The van der Waals surface area contributed by atoms with E-state index in [4.69, 9.17) is 4.74 Å². The number of aromatic nitrogens is 1. The van der Waals surface area contributed by atoms with Gasteiger partial charge in [0.15, 0.2) is 0 Å². The first kappa shape index (κ1) is 18.2. The average Bonchev–Trinajstić information content (AvgIpc) is 3.13. The third-order valence-corrected chi connectivity index (χ3v) is 5.33. The Hall–Kier alpha value is -3.21. The number of hydrogen-bond donors (Lipinski definition) is 1. The molecule has 2 amide bonds. The number of methoxy groups -OCH3 is 1. The van der Waals surface area contributed by atoms with Gasteiger partial charge in [-0.2, -0.15) is 0 Å². The molecule has 0 saturated carbocycles. The molecule has 0 spiro atoms. The van der Waals surface area contributed by atoms with Gasteiger partial charge in [-0.1, -0.05) is 31.2 Å². The van der Waals surface area contributed by atoms with Crippen molar-refractivity contribution in [2.24, 2.45) is 0 Å². The molecular weight excluding hydrogens is 350 g/mol. The molecule has 1 aliphatic heterocycles. The number of urea groups is 1. The molecule has 0 saturated heterocycles. The molecule has 0 unspecified atom stereocenters. The van der Waals surface area contributed by atoms with Gasteiger partial charge in [0.25, 0.3) is 0 Å². The Morgan fingerprint density at radius 1 is 1.18 bits per heavy atom. The van der Waals surface area contributed by atoms with Crippen LogP contribution in [-0.4, -0.2) is 22.6 Å². The summed E-state index contributed by atoms with van der Waals surface area (Å²) >= 11 is 0. The number of anilines is 1. The van der Waals surface area contributed by atoms with Gasteiger partial charge in [-0.15, -0.1) is 0 Å². The van der Waals surface area contributed by atoms with Crippen LogP contribution >= 0.6 is 0 Å². The highest BCUT2D eigenvalue weighted by Crippen LogP contribution is 2.35. The number of ether oxygens (including phenoxy) is 1. The fourth-order valence-electron chi connectivity index (χ4n) is 3.97. The molecule has 1 aromatic heterocycles. The zero-order valence-electron chi connectivity index (χ0n) is 16.5. The second-order valence-corrected chi connectivity index (χ2v) is 7.12. The number of fused-ring (bicyclic) bond motifs is 3. The number of aryl methyl sites for hydroxylation is 1. The summed E-state index contributed by atoms with van der Waals surface area (Å²) in [6, 6.07) is 18.0. The van der Waals surface area contributed by atoms with Crippen LogP contribution in [0.5, 0.6) is 5.75 Å². The Balaban J connectivity index is 1.73. The second-order valence-electron chi connectivity index (χ2n) is 7.12. The topological polar surface area (TPSA) is 46.5 Å².